The Morgan fingerprint density at radius 1 is 1.00 bits per heavy atom. The van der Waals surface area contributed by atoms with Gasteiger partial charge in [0.25, 0.3) is 0 Å². The van der Waals surface area contributed by atoms with Crippen molar-refractivity contribution >= 4 is 0 Å². The molecule has 0 aromatic carbocycles. The Bertz CT molecular complexity index is 186. The van der Waals surface area contributed by atoms with E-state index in [1.807, 2.05) is 0 Å². The summed E-state index contributed by atoms with van der Waals surface area (Å²) in [6.45, 7) is 10.6. The van der Waals surface area contributed by atoms with Gasteiger partial charge in [0.15, 0.2) is 0 Å². The fraction of sp³-hybridized carbons (Fsp3) is 1.00. The fourth-order valence-corrected chi connectivity index (χ4v) is 2.44. The van der Waals surface area contributed by atoms with E-state index < -0.39 is 0 Å². The van der Waals surface area contributed by atoms with Crippen LogP contribution in [-0.4, -0.2) is 61.8 Å². The summed E-state index contributed by atoms with van der Waals surface area (Å²) in [4.78, 5) is 5.12. The Hall–Kier alpha value is -0.120. The highest BCUT2D eigenvalue weighted by Crippen LogP contribution is 2.21. The minimum atomic E-state index is 0.599. The van der Waals surface area contributed by atoms with Gasteiger partial charge in [-0.05, 0) is 32.2 Å². The molecule has 0 N–H and O–H groups in total. The van der Waals surface area contributed by atoms with E-state index in [0.29, 0.717) is 6.10 Å². The largest absolute Gasteiger partial charge is 0.377 e. The Morgan fingerprint density at radius 3 is 2.12 bits per heavy atom. The predicted octanol–water partition coefficient (Wildman–Crippen LogP) is 1.58. The summed E-state index contributed by atoms with van der Waals surface area (Å²) in [5.74, 6) is 0. The van der Waals surface area contributed by atoms with Crippen LogP contribution in [0.1, 0.15) is 32.6 Å². The van der Waals surface area contributed by atoms with Gasteiger partial charge in [-0.1, -0.05) is 6.92 Å². The highest BCUT2D eigenvalue weighted by atomic mass is 16.5. The van der Waals surface area contributed by atoms with Gasteiger partial charge in [-0.3, -0.25) is 4.90 Å². The third-order valence-electron chi connectivity index (χ3n) is 3.82. The van der Waals surface area contributed by atoms with E-state index in [2.05, 4.69) is 16.7 Å². The van der Waals surface area contributed by atoms with E-state index in [-0.39, 0.29) is 0 Å². The summed E-state index contributed by atoms with van der Waals surface area (Å²) in [6.07, 6.45) is 5.85. The molecule has 2 rings (SSSR count). The monoisotopic (exact) mass is 226 g/mol. The number of hydrogen-bond acceptors (Lipinski definition) is 3. The van der Waals surface area contributed by atoms with Crippen molar-refractivity contribution in [2.75, 3.05) is 45.9 Å². The van der Waals surface area contributed by atoms with Crippen molar-refractivity contribution in [2.45, 2.75) is 38.7 Å². The zero-order valence-electron chi connectivity index (χ0n) is 10.7. The fourth-order valence-electron chi connectivity index (χ4n) is 2.44. The van der Waals surface area contributed by atoms with Crippen LogP contribution in [0.25, 0.3) is 0 Å². The maximum Gasteiger partial charge on any atom is 0.0597 e. The zero-order chi connectivity index (χ0) is 11.2. The van der Waals surface area contributed by atoms with Gasteiger partial charge < -0.3 is 9.64 Å². The Labute approximate surface area is 99.7 Å². The van der Waals surface area contributed by atoms with Gasteiger partial charge >= 0.3 is 0 Å². The molecule has 0 bridgehead atoms. The molecule has 1 saturated carbocycles. The first-order valence-corrected chi connectivity index (χ1v) is 6.95. The molecule has 1 saturated heterocycles. The quantitative estimate of drug-likeness (QED) is 0.684. The molecule has 0 aromatic heterocycles. The molecule has 1 aliphatic carbocycles. The van der Waals surface area contributed by atoms with Crippen molar-refractivity contribution < 1.29 is 4.74 Å². The maximum atomic E-state index is 5.80. The van der Waals surface area contributed by atoms with Crippen LogP contribution >= 0.6 is 0 Å². The summed E-state index contributed by atoms with van der Waals surface area (Å²) in [5.41, 5.74) is 0. The molecule has 2 fully saturated rings. The lowest BCUT2D eigenvalue weighted by Crippen LogP contribution is -2.47. The molecule has 0 aromatic rings. The van der Waals surface area contributed by atoms with Gasteiger partial charge in [0.1, 0.15) is 0 Å². The molecular formula is C13H26N2O. The van der Waals surface area contributed by atoms with Crippen molar-refractivity contribution in [3.8, 4) is 0 Å². The molecule has 0 spiro atoms. The first-order chi connectivity index (χ1) is 7.88. The van der Waals surface area contributed by atoms with Crippen molar-refractivity contribution in [2.24, 2.45) is 0 Å². The summed E-state index contributed by atoms with van der Waals surface area (Å²) in [5, 5.41) is 0. The summed E-state index contributed by atoms with van der Waals surface area (Å²) >= 11 is 0. The average Bonchev–Trinajstić information content (AvgIpc) is 2.24. The average molecular weight is 226 g/mol. The van der Waals surface area contributed by atoms with Gasteiger partial charge in [-0.2, -0.15) is 0 Å². The lowest BCUT2D eigenvalue weighted by molar-refractivity contribution is -0.0121. The number of piperazine rings is 1. The standard InChI is InChI=1S/C13H26N2O/c1-2-6-14-7-9-15(10-8-14)11-12-16-13-4-3-5-13/h13H,2-12H2,1H3. The molecule has 0 radical (unpaired) electrons. The van der Waals surface area contributed by atoms with Gasteiger partial charge in [0, 0.05) is 32.7 Å². The molecule has 3 nitrogen and oxygen atoms in total. The second kappa shape index (κ2) is 6.58. The number of hydrogen-bond donors (Lipinski definition) is 0. The first-order valence-electron chi connectivity index (χ1n) is 6.95. The van der Waals surface area contributed by atoms with Crippen LogP contribution in [0.2, 0.25) is 0 Å². The molecule has 3 heteroatoms. The molecule has 2 aliphatic rings. The third kappa shape index (κ3) is 3.72. The highest BCUT2D eigenvalue weighted by Gasteiger charge is 2.19. The van der Waals surface area contributed by atoms with Crippen molar-refractivity contribution in [3.05, 3.63) is 0 Å². The normalized spacial score (nSPS) is 24.6. The van der Waals surface area contributed by atoms with Crippen LogP contribution < -0.4 is 0 Å². The second-order valence-corrected chi connectivity index (χ2v) is 5.11. The van der Waals surface area contributed by atoms with E-state index in [9.17, 15) is 0 Å². The van der Waals surface area contributed by atoms with Crippen LogP contribution in [0, 0.1) is 0 Å². The maximum absolute atomic E-state index is 5.80. The van der Waals surface area contributed by atoms with Crippen LogP contribution in [0.15, 0.2) is 0 Å². The summed E-state index contributed by atoms with van der Waals surface area (Å²) in [7, 11) is 0. The van der Waals surface area contributed by atoms with E-state index >= 15 is 0 Å². The predicted molar refractivity (Wildman–Crippen MR) is 66.8 cm³/mol. The van der Waals surface area contributed by atoms with Gasteiger partial charge in [0.05, 0.1) is 12.7 Å². The highest BCUT2D eigenvalue weighted by molar-refractivity contribution is 4.73. The van der Waals surface area contributed by atoms with E-state index in [1.54, 1.807) is 0 Å². The smallest absolute Gasteiger partial charge is 0.0597 e. The van der Waals surface area contributed by atoms with Crippen LogP contribution in [0.4, 0.5) is 0 Å². The molecule has 16 heavy (non-hydrogen) atoms. The molecule has 1 aliphatic heterocycles. The third-order valence-corrected chi connectivity index (χ3v) is 3.82. The van der Waals surface area contributed by atoms with Gasteiger partial charge in [-0.25, -0.2) is 0 Å². The van der Waals surface area contributed by atoms with E-state index in [1.165, 1.54) is 58.4 Å². The van der Waals surface area contributed by atoms with Crippen LogP contribution in [-0.2, 0) is 4.74 Å². The van der Waals surface area contributed by atoms with Gasteiger partial charge in [0.2, 0.25) is 0 Å². The minimum absolute atomic E-state index is 0.599. The van der Waals surface area contributed by atoms with Crippen molar-refractivity contribution in [1.29, 1.82) is 0 Å². The lowest BCUT2D eigenvalue weighted by Gasteiger charge is -2.35. The lowest BCUT2D eigenvalue weighted by atomic mass is 9.96. The Morgan fingerprint density at radius 2 is 1.62 bits per heavy atom. The van der Waals surface area contributed by atoms with Crippen molar-refractivity contribution in [1.82, 2.24) is 9.80 Å². The molecule has 1 heterocycles. The number of rotatable bonds is 6. The molecule has 0 amide bonds. The minimum Gasteiger partial charge on any atom is -0.377 e. The van der Waals surface area contributed by atoms with Crippen LogP contribution in [0.3, 0.4) is 0 Å². The van der Waals surface area contributed by atoms with Gasteiger partial charge in [-0.15, -0.1) is 0 Å². The Kier molecular flexibility index (Phi) is 5.07. The topological polar surface area (TPSA) is 15.7 Å². The first kappa shape index (κ1) is 12.3. The molecule has 0 unspecified atom stereocenters. The molecule has 94 valence electrons. The zero-order valence-corrected chi connectivity index (χ0v) is 10.7. The molecule has 0 atom stereocenters. The van der Waals surface area contributed by atoms with E-state index in [0.717, 1.165) is 13.2 Å². The van der Waals surface area contributed by atoms with E-state index in [4.69, 9.17) is 4.74 Å². The van der Waals surface area contributed by atoms with Crippen molar-refractivity contribution in [3.63, 3.8) is 0 Å². The number of ether oxygens (including phenoxy) is 1. The van der Waals surface area contributed by atoms with Crippen LogP contribution in [0.5, 0.6) is 0 Å². The Balaban J connectivity index is 1.51. The SMILES string of the molecule is CCCN1CCN(CCOC2CCC2)CC1. The summed E-state index contributed by atoms with van der Waals surface area (Å²) < 4.78 is 5.80. The second-order valence-electron chi connectivity index (χ2n) is 5.11. The summed E-state index contributed by atoms with van der Waals surface area (Å²) in [6, 6.07) is 0. The molecular weight excluding hydrogens is 200 g/mol. The number of nitrogens with zero attached hydrogens (tertiary/aromatic N) is 2.